The Hall–Kier alpha value is -2.17. The average molecular weight is 287 g/mol. The molecular formula is C16H21N3O2. The van der Waals surface area contributed by atoms with Crippen LogP contribution in [0.15, 0.2) is 28.7 Å². The first kappa shape index (κ1) is 15.2. The van der Waals surface area contributed by atoms with E-state index in [1.165, 1.54) is 5.56 Å². The quantitative estimate of drug-likeness (QED) is 0.907. The van der Waals surface area contributed by atoms with Crippen LogP contribution in [0.1, 0.15) is 45.6 Å². The second kappa shape index (κ2) is 6.52. The van der Waals surface area contributed by atoms with Gasteiger partial charge >= 0.3 is 6.01 Å². The molecule has 0 fully saturated rings. The van der Waals surface area contributed by atoms with Crippen molar-refractivity contribution < 1.29 is 9.21 Å². The summed E-state index contributed by atoms with van der Waals surface area (Å²) in [7, 11) is 0. The molecule has 2 rings (SSSR count). The van der Waals surface area contributed by atoms with Crippen LogP contribution in [0.5, 0.6) is 0 Å². The third-order valence-electron chi connectivity index (χ3n) is 3.09. The van der Waals surface area contributed by atoms with Crippen molar-refractivity contribution in [3.05, 3.63) is 29.8 Å². The van der Waals surface area contributed by atoms with E-state index in [0.29, 0.717) is 18.2 Å². The maximum atomic E-state index is 11.6. The Morgan fingerprint density at radius 3 is 2.38 bits per heavy atom. The summed E-state index contributed by atoms with van der Waals surface area (Å²) in [5.41, 5.74) is 2.10. The number of rotatable bonds is 5. The Bertz CT molecular complexity index is 600. The molecular weight excluding hydrogens is 266 g/mol. The molecule has 2 aromatic rings. The summed E-state index contributed by atoms with van der Waals surface area (Å²) in [4.78, 5) is 11.6. The fourth-order valence-corrected chi connectivity index (χ4v) is 1.94. The Balaban J connectivity index is 2.07. The van der Waals surface area contributed by atoms with Crippen LogP contribution in [0.2, 0.25) is 0 Å². The third kappa shape index (κ3) is 4.15. The molecule has 0 saturated heterocycles. The standard InChI is InChI=1S/C16H21N3O2/c1-10(2)9-14(20)17-16-19-18-15(21-16)13-7-5-12(6-8-13)11(3)4/h5-8,10-11H,9H2,1-4H3,(H,17,19,20). The Kier molecular flexibility index (Phi) is 4.73. The van der Waals surface area contributed by atoms with Crippen LogP contribution in [-0.4, -0.2) is 16.1 Å². The molecule has 0 spiro atoms. The van der Waals surface area contributed by atoms with E-state index >= 15 is 0 Å². The number of hydrogen-bond acceptors (Lipinski definition) is 4. The minimum atomic E-state index is -0.115. The molecule has 0 aliphatic rings. The van der Waals surface area contributed by atoms with Gasteiger partial charge in [-0.1, -0.05) is 44.9 Å². The zero-order chi connectivity index (χ0) is 15.4. The molecule has 0 unspecified atom stereocenters. The molecule has 1 N–H and O–H groups in total. The molecule has 0 saturated carbocycles. The number of carbonyl (C=O) groups excluding carboxylic acids is 1. The highest BCUT2D eigenvalue weighted by Gasteiger charge is 2.12. The van der Waals surface area contributed by atoms with Gasteiger partial charge in [-0.05, 0) is 29.5 Å². The summed E-state index contributed by atoms with van der Waals surface area (Å²) in [6, 6.07) is 8.12. The smallest absolute Gasteiger partial charge is 0.322 e. The van der Waals surface area contributed by atoms with E-state index in [-0.39, 0.29) is 17.8 Å². The highest BCUT2D eigenvalue weighted by molar-refractivity contribution is 5.88. The van der Waals surface area contributed by atoms with Gasteiger partial charge in [-0.2, -0.15) is 0 Å². The zero-order valence-electron chi connectivity index (χ0n) is 12.9. The highest BCUT2D eigenvalue weighted by Crippen LogP contribution is 2.23. The van der Waals surface area contributed by atoms with Gasteiger partial charge in [-0.15, -0.1) is 5.10 Å². The highest BCUT2D eigenvalue weighted by atomic mass is 16.4. The number of benzene rings is 1. The summed E-state index contributed by atoms with van der Waals surface area (Å²) < 4.78 is 5.47. The molecule has 0 radical (unpaired) electrons. The molecule has 1 aromatic heterocycles. The molecule has 112 valence electrons. The Morgan fingerprint density at radius 1 is 1.14 bits per heavy atom. The van der Waals surface area contributed by atoms with Crippen LogP contribution in [0.3, 0.4) is 0 Å². The van der Waals surface area contributed by atoms with Gasteiger partial charge in [0.2, 0.25) is 11.8 Å². The lowest BCUT2D eigenvalue weighted by Crippen LogP contribution is -2.13. The van der Waals surface area contributed by atoms with Crippen LogP contribution in [0, 0.1) is 5.92 Å². The summed E-state index contributed by atoms with van der Waals surface area (Å²) >= 11 is 0. The number of aromatic nitrogens is 2. The lowest BCUT2D eigenvalue weighted by atomic mass is 10.0. The van der Waals surface area contributed by atoms with E-state index in [4.69, 9.17) is 4.42 Å². The van der Waals surface area contributed by atoms with Gasteiger partial charge in [-0.3, -0.25) is 10.1 Å². The first-order chi connectivity index (χ1) is 9.95. The van der Waals surface area contributed by atoms with Crippen LogP contribution in [0.4, 0.5) is 6.01 Å². The van der Waals surface area contributed by atoms with Crippen molar-refractivity contribution in [1.82, 2.24) is 10.2 Å². The van der Waals surface area contributed by atoms with Crippen molar-refractivity contribution in [2.24, 2.45) is 5.92 Å². The van der Waals surface area contributed by atoms with Crippen LogP contribution in [-0.2, 0) is 4.79 Å². The summed E-state index contributed by atoms with van der Waals surface area (Å²) in [5.74, 6) is 1.06. The van der Waals surface area contributed by atoms with Gasteiger partial charge in [0.05, 0.1) is 0 Å². The number of anilines is 1. The predicted octanol–water partition coefficient (Wildman–Crippen LogP) is 3.84. The Labute approximate surface area is 124 Å². The summed E-state index contributed by atoms with van der Waals surface area (Å²) in [6.07, 6.45) is 0.431. The number of nitrogens with zero attached hydrogens (tertiary/aromatic N) is 2. The minimum Gasteiger partial charge on any atom is -0.403 e. The fourth-order valence-electron chi connectivity index (χ4n) is 1.94. The van der Waals surface area contributed by atoms with Crippen molar-refractivity contribution in [3.8, 4) is 11.5 Å². The number of amides is 1. The second-order valence-electron chi connectivity index (χ2n) is 5.84. The lowest BCUT2D eigenvalue weighted by molar-refractivity contribution is -0.117. The molecule has 1 amide bonds. The van der Waals surface area contributed by atoms with Crippen molar-refractivity contribution in [1.29, 1.82) is 0 Å². The van der Waals surface area contributed by atoms with Crippen LogP contribution < -0.4 is 5.32 Å². The first-order valence-electron chi connectivity index (χ1n) is 7.19. The normalized spacial score (nSPS) is 11.1. The molecule has 21 heavy (non-hydrogen) atoms. The number of carbonyl (C=O) groups is 1. The third-order valence-corrected chi connectivity index (χ3v) is 3.09. The van der Waals surface area contributed by atoms with Crippen molar-refractivity contribution in [2.45, 2.75) is 40.0 Å². The molecule has 1 aromatic carbocycles. The average Bonchev–Trinajstić information content (AvgIpc) is 2.86. The van der Waals surface area contributed by atoms with Gasteiger partial charge < -0.3 is 4.42 Å². The van der Waals surface area contributed by atoms with E-state index < -0.39 is 0 Å². The summed E-state index contributed by atoms with van der Waals surface area (Å²) in [5, 5.41) is 10.4. The van der Waals surface area contributed by atoms with Gasteiger partial charge in [0.25, 0.3) is 0 Å². The van der Waals surface area contributed by atoms with E-state index in [2.05, 4.69) is 29.4 Å². The maximum Gasteiger partial charge on any atom is 0.322 e. The van der Waals surface area contributed by atoms with Gasteiger partial charge in [0.1, 0.15) is 0 Å². The topological polar surface area (TPSA) is 68.0 Å². The molecule has 0 aliphatic heterocycles. The largest absolute Gasteiger partial charge is 0.403 e. The predicted molar refractivity (Wildman–Crippen MR) is 81.9 cm³/mol. The second-order valence-corrected chi connectivity index (χ2v) is 5.84. The Morgan fingerprint density at radius 2 is 1.81 bits per heavy atom. The van der Waals surface area contributed by atoms with Gasteiger partial charge in [0, 0.05) is 12.0 Å². The van der Waals surface area contributed by atoms with Crippen molar-refractivity contribution in [3.63, 3.8) is 0 Å². The molecule has 5 nitrogen and oxygen atoms in total. The lowest BCUT2D eigenvalue weighted by Gasteiger charge is -2.04. The zero-order valence-corrected chi connectivity index (χ0v) is 12.9. The molecule has 0 bridgehead atoms. The molecule has 0 aliphatic carbocycles. The van der Waals surface area contributed by atoms with Gasteiger partial charge in [-0.25, -0.2) is 0 Å². The maximum absolute atomic E-state index is 11.6. The van der Waals surface area contributed by atoms with E-state index in [0.717, 1.165) is 5.56 Å². The van der Waals surface area contributed by atoms with Crippen LogP contribution >= 0.6 is 0 Å². The fraction of sp³-hybridized carbons (Fsp3) is 0.438. The van der Waals surface area contributed by atoms with Crippen LogP contribution in [0.25, 0.3) is 11.5 Å². The van der Waals surface area contributed by atoms with Crippen molar-refractivity contribution >= 4 is 11.9 Å². The van der Waals surface area contributed by atoms with E-state index in [9.17, 15) is 4.79 Å². The molecule has 0 atom stereocenters. The number of hydrogen-bond donors (Lipinski definition) is 1. The van der Waals surface area contributed by atoms with E-state index in [1.807, 2.05) is 38.1 Å². The first-order valence-corrected chi connectivity index (χ1v) is 7.19. The SMILES string of the molecule is CC(C)CC(=O)Nc1nnc(-c2ccc(C(C)C)cc2)o1. The monoisotopic (exact) mass is 287 g/mol. The van der Waals surface area contributed by atoms with E-state index in [1.54, 1.807) is 0 Å². The molecule has 1 heterocycles. The van der Waals surface area contributed by atoms with Gasteiger partial charge in [0.15, 0.2) is 0 Å². The molecule has 5 heteroatoms. The minimum absolute atomic E-state index is 0.115. The summed E-state index contributed by atoms with van der Waals surface area (Å²) in [6.45, 7) is 8.25. The number of nitrogens with one attached hydrogen (secondary N) is 1. The van der Waals surface area contributed by atoms with Crippen molar-refractivity contribution in [2.75, 3.05) is 5.32 Å².